The third-order valence-electron chi connectivity index (χ3n) is 11.6. The molecular weight excluding hydrogens is 709 g/mol. The Kier molecular flexibility index (Phi) is 7.94. The molecule has 0 radical (unpaired) electrons. The molecule has 1 aliphatic carbocycles. The summed E-state index contributed by atoms with van der Waals surface area (Å²) in [5, 5.41) is 3.52. The van der Waals surface area contributed by atoms with Crippen LogP contribution in [-0.4, -0.2) is 4.98 Å². The Morgan fingerprint density at radius 1 is 0.404 bits per heavy atom. The van der Waals surface area contributed by atoms with E-state index < -0.39 is 5.41 Å². The number of nitrogens with zero attached hydrogens (tertiary/aromatic N) is 2. The summed E-state index contributed by atoms with van der Waals surface area (Å²) in [7, 11) is 0. The summed E-state index contributed by atoms with van der Waals surface area (Å²) in [5.41, 5.74) is 14.9. The molecule has 0 amide bonds. The minimum atomic E-state index is -0.502. The molecule has 9 aromatic carbocycles. The Morgan fingerprint density at radius 2 is 0.982 bits per heavy atom. The maximum atomic E-state index is 5.18. The molecule has 0 saturated carbocycles. The van der Waals surface area contributed by atoms with Crippen molar-refractivity contribution < 1.29 is 0 Å². The van der Waals surface area contributed by atoms with Gasteiger partial charge in [0, 0.05) is 22.6 Å². The lowest BCUT2D eigenvalue weighted by molar-refractivity contribution is 0.768. The van der Waals surface area contributed by atoms with Gasteiger partial charge in [-0.25, -0.2) is 4.98 Å². The maximum absolute atomic E-state index is 5.18. The van der Waals surface area contributed by atoms with Gasteiger partial charge >= 0.3 is 0 Å². The minimum absolute atomic E-state index is 0.502. The van der Waals surface area contributed by atoms with E-state index in [1.54, 1.807) is 11.3 Å². The smallest absolute Gasteiger partial charge is 0.124 e. The van der Waals surface area contributed by atoms with E-state index in [-0.39, 0.29) is 0 Å². The highest BCUT2D eigenvalue weighted by atomic mass is 32.1. The molecule has 10 aromatic rings. The molecule has 3 heteroatoms. The normalized spacial score (nSPS) is 12.7. The first kappa shape index (κ1) is 33.3. The van der Waals surface area contributed by atoms with Crippen LogP contribution in [0.15, 0.2) is 218 Å². The Morgan fingerprint density at radius 3 is 1.75 bits per heavy atom. The molecule has 2 nitrogen and oxygen atoms in total. The van der Waals surface area contributed by atoms with E-state index in [2.05, 4.69) is 223 Å². The fraction of sp³-hybridized carbons (Fsp3) is 0.0185. The Hall–Kier alpha value is -7.07. The number of fused-ring (bicyclic) bond motifs is 5. The maximum Gasteiger partial charge on any atom is 0.124 e. The Bertz CT molecular complexity index is 3020. The monoisotopic (exact) mass is 744 g/mol. The van der Waals surface area contributed by atoms with Gasteiger partial charge in [-0.3, -0.25) is 0 Å². The molecule has 1 aliphatic rings. The first-order valence-corrected chi connectivity index (χ1v) is 20.3. The summed E-state index contributed by atoms with van der Waals surface area (Å²) in [6.45, 7) is 0. The zero-order valence-corrected chi connectivity index (χ0v) is 31.9. The summed E-state index contributed by atoms with van der Waals surface area (Å²) in [6.07, 6.45) is 0. The standard InChI is InChI=1S/C54H36N2S/c1-4-16-39(17-5-1)53-55-51-36-44(32-34-52(51)57-53)56(42-29-27-38(28-30-42)46-25-14-18-37-15-10-11-23-45(37)46)43-31-33-48-47-24-12-13-26-49(47)54(50(48)35-43,40-19-6-2-7-20-40)41-21-8-3-9-22-41/h1-36H. The van der Waals surface area contributed by atoms with Crippen molar-refractivity contribution in [3.8, 4) is 32.8 Å². The van der Waals surface area contributed by atoms with Gasteiger partial charge in [0.15, 0.2) is 0 Å². The van der Waals surface area contributed by atoms with Gasteiger partial charge in [0.1, 0.15) is 5.01 Å². The highest BCUT2D eigenvalue weighted by Gasteiger charge is 2.46. The first-order chi connectivity index (χ1) is 28.3. The molecule has 57 heavy (non-hydrogen) atoms. The minimum Gasteiger partial charge on any atom is -0.310 e. The second kappa shape index (κ2) is 13.6. The highest BCUT2D eigenvalue weighted by Crippen LogP contribution is 2.57. The van der Waals surface area contributed by atoms with Gasteiger partial charge in [-0.1, -0.05) is 176 Å². The third kappa shape index (κ3) is 5.43. The van der Waals surface area contributed by atoms with Crippen molar-refractivity contribution in [2.45, 2.75) is 5.41 Å². The molecule has 0 aliphatic heterocycles. The predicted molar refractivity (Wildman–Crippen MR) is 240 cm³/mol. The zero-order valence-electron chi connectivity index (χ0n) is 31.1. The van der Waals surface area contributed by atoms with E-state index in [0.29, 0.717) is 0 Å². The lowest BCUT2D eigenvalue weighted by Crippen LogP contribution is -2.28. The van der Waals surface area contributed by atoms with E-state index >= 15 is 0 Å². The third-order valence-corrected chi connectivity index (χ3v) is 12.7. The molecule has 1 heterocycles. The van der Waals surface area contributed by atoms with E-state index in [1.165, 1.54) is 60.0 Å². The number of benzene rings is 9. The van der Waals surface area contributed by atoms with Gasteiger partial charge in [-0.2, -0.15) is 0 Å². The van der Waals surface area contributed by atoms with Crippen LogP contribution >= 0.6 is 11.3 Å². The summed E-state index contributed by atoms with van der Waals surface area (Å²) in [5.74, 6) is 0. The number of aromatic nitrogens is 1. The van der Waals surface area contributed by atoms with Crippen molar-refractivity contribution >= 4 is 49.4 Å². The molecule has 0 bridgehead atoms. The fourth-order valence-electron chi connectivity index (χ4n) is 9.05. The zero-order chi connectivity index (χ0) is 37.8. The Labute approximate surface area is 336 Å². The molecule has 0 saturated heterocycles. The second-order valence-corrected chi connectivity index (χ2v) is 15.7. The second-order valence-electron chi connectivity index (χ2n) is 14.7. The van der Waals surface area contributed by atoms with Crippen LogP contribution in [-0.2, 0) is 5.41 Å². The van der Waals surface area contributed by atoms with Gasteiger partial charge in [0.05, 0.1) is 15.6 Å². The fourth-order valence-corrected chi connectivity index (χ4v) is 10.00. The van der Waals surface area contributed by atoms with Crippen molar-refractivity contribution in [2.75, 3.05) is 4.90 Å². The van der Waals surface area contributed by atoms with Crippen molar-refractivity contribution in [1.82, 2.24) is 4.98 Å². The number of hydrogen-bond acceptors (Lipinski definition) is 3. The number of rotatable bonds is 7. The molecule has 0 fully saturated rings. The largest absolute Gasteiger partial charge is 0.310 e. The molecule has 0 atom stereocenters. The van der Waals surface area contributed by atoms with Gasteiger partial charge in [-0.05, 0) is 97.7 Å². The van der Waals surface area contributed by atoms with Crippen LogP contribution in [0.5, 0.6) is 0 Å². The summed E-state index contributed by atoms with van der Waals surface area (Å²) in [6, 6.07) is 79.5. The van der Waals surface area contributed by atoms with Crippen LogP contribution in [0.1, 0.15) is 22.3 Å². The molecule has 0 spiro atoms. The van der Waals surface area contributed by atoms with Crippen LogP contribution in [0, 0.1) is 0 Å². The molecule has 1 aromatic heterocycles. The van der Waals surface area contributed by atoms with Crippen molar-refractivity contribution in [1.29, 1.82) is 0 Å². The molecule has 11 rings (SSSR count). The van der Waals surface area contributed by atoms with Gasteiger partial charge in [-0.15, -0.1) is 11.3 Å². The average molecular weight is 745 g/mol. The highest BCUT2D eigenvalue weighted by molar-refractivity contribution is 7.21. The lowest BCUT2D eigenvalue weighted by atomic mass is 9.67. The summed E-state index contributed by atoms with van der Waals surface area (Å²) in [4.78, 5) is 7.58. The van der Waals surface area contributed by atoms with Crippen molar-refractivity contribution in [3.63, 3.8) is 0 Å². The molecule has 268 valence electrons. The van der Waals surface area contributed by atoms with Crippen LogP contribution in [0.25, 0.3) is 53.8 Å². The quantitative estimate of drug-likeness (QED) is 0.162. The lowest BCUT2D eigenvalue weighted by Gasteiger charge is -2.35. The van der Waals surface area contributed by atoms with Crippen LogP contribution in [0.3, 0.4) is 0 Å². The number of hydrogen-bond donors (Lipinski definition) is 0. The summed E-state index contributed by atoms with van der Waals surface area (Å²) >= 11 is 1.74. The number of anilines is 3. The predicted octanol–water partition coefficient (Wildman–Crippen LogP) is 14.6. The summed E-state index contributed by atoms with van der Waals surface area (Å²) < 4.78 is 1.17. The van der Waals surface area contributed by atoms with Crippen LogP contribution < -0.4 is 4.90 Å². The van der Waals surface area contributed by atoms with E-state index in [0.717, 1.165) is 33.1 Å². The van der Waals surface area contributed by atoms with E-state index in [9.17, 15) is 0 Å². The van der Waals surface area contributed by atoms with E-state index in [1.807, 2.05) is 0 Å². The van der Waals surface area contributed by atoms with Crippen LogP contribution in [0.2, 0.25) is 0 Å². The molecular formula is C54H36N2S. The van der Waals surface area contributed by atoms with Gasteiger partial charge in [0.25, 0.3) is 0 Å². The molecule has 0 N–H and O–H groups in total. The van der Waals surface area contributed by atoms with Crippen LogP contribution in [0.4, 0.5) is 17.1 Å². The van der Waals surface area contributed by atoms with Crippen molar-refractivity contribution in [2.24, 2.45) is 0 Å². The van der Waals surface area contributed by atoms with Crippen molar-refractivity contribution in [3.05, 3.63) is 241 Å². The topological polar surface area (TPSA) is 16.1 Å². The number of thiazole rings is 1. The average Bonchev–Trinajstić information content (AvgIpc) is 3.85. The van der Waals surface area contributed by atoms with Gasteiger partial charge < -0.3 is 4.90 Å². The SMILES string of the molecule is c1ccc(-c2nc3cc(N(c4ccc(-c5cccc6ccccc56)cc4)c4ccc5c(c4)C(c4ccccc4)(c4ccccc4)c4ccccc4-5)ccc3s2)cc1. The van der Waals surface area contributed by atoms with Gasteiger partial charge in [0.2, 0.25) is 0 Å². The van der Waals surface area contributed by atoms with E-state index in [4.69, 9.17) is 4.98 Å². The molecule has 0 unspecified atom stereocenters. The first-order valence-electron chi connectivity index (χ1n) is 19.5. The Balaban J connectivity index is 1.12.